The summed E-state index contributed by atoms with van der Waals surface area (Å²) >= 11 is 0. The van der Waals surface area contributed by atoms with Gasteiger partial charge in [-0.1, -0.05) is 83.7 Å². The van der Waals surface area contributed by atoms with Gasteiger partial charge < -0.3 is 4.48 Å². The second kappa shape index (κ2) is 5.96. The van der Waals surface area contributed by atoms with Crippen LogP contribution >= 0.6 is 0 Å². The van der Waals surface area contributed by atoms with E-state index in [9.17, 15) is 0 Å². The van der Waals surface area contributed by atoms with Crippen molar-refractivity contribution in [3.05, 3.63) is 66.3 Å². The Hall–Kier alpha value is -1.48. The highest BCUT2D eigenvalue weighted by Gasteiger charge is 2.43. The lowest BCUT2D eigenvalue weighted by Crippen LogP contribution is -2.58. The van der Waals surface area contributed by atoms with Crippen LogP contribution < -0.4 is 0 Å². The molecule has 1 heterocycles. The third kappa shape index (κ3) is 3.00. The maximum absolute atomic E-state index is 4.36. The van der Waals surface area contributed by atoms with Crippen LogP contribution in [0.3, 0.4) is 0 Å². The first-order chi connectivity index (χ1) is 10.2. The molecule has 0 unspecified atom stereocenters. The van der Waals surface area contributed by atoms with Crippen LogP contribution in [0.5, 0.6) is 0 Å². The van der Waals surface area contributed by atoms with Crippen molar-refractivity contribution in [3.8, 4) is 0 Å². The van der Waals surface area contributed by atoms with E-state index >= 15 is 0 Å². The molecule has 0 radical (unpaired) electrons. The quantitative estimate of drug-likeness (QED) is 0.655. The van der Waals surface area contributed by atoms with Crippen LogP contribution in [0.1, 0.15) is 26.3 Å². The summed E-state index contributed by atoms with van der Waals surface area (Å²) in [5.74, 6) is 0. The summed E-state index contributed by atoms with van der Waals surface area (Å²) in [4.78, 5) is 0. The molecule has 0 saturated carbocycles. The van der Waals surface area contributed by atoms with Gasteiger partial charge in [0.15, 0.2) is 0 Å². The van der Waals surface area contributed by atoms with Gasteiger partial charge in [0.25, 0.3) is 6.85 Å². The summed E-state index contributed by atoms with van der Waals surface area (Å²) in [6.45, 7) is 19.1. The molecule has 1 aliphatic heterocycles. The Morgan fingerprint density at radius 1 is 1.14 bits per heavy atom. The van der Waals surface area contributed by atoms with Crippen molar-refractivity contribution in [2.45, 2.75) is 45.7 Å². The van der Waals surface area contributed by atoms with Gasteiger partial charge in [-0.3, -0.25) is 0 Å². The van der Waals surface area contributed by atoms with Gasteiger partial charge in [-0.15, -0.1) is 0 Å². The number of benzene rings is 1. The summed E-state index contributed by atoms with van der Waals surface area (Å²) in [6, 6.07) is 10.5. The highest BCUT2D eigenvalue weighted by molar-refractivity contribution is 6.88. The Labute approximate surface area is 137 Å². The first-order valence-corrected chi connectivity index (χ1v) is 11.0. The lowest BCUT2D eigenvalue weighted by atomic mass is 9.54. The van der Waals surface area contributed by atoms with E-state index < -0.39 is 8.24 Å². The van der Waals surface area contributed by atoms with Gasteiger partial charge in [-0.05, 0) is 33.9 Å². The van der Waals surface area contributed by atoms with Crippen LogP contribution in [0.25, 0.3) is 5.57 Å². The molecule has 3 heteroatoms. The Balaban J connectivity index is 2.32. The summed E-state index contributed by atoms with van der Waals surface area (Å²) < 4.78 is 2.61. The van der Waals surface area contributed by atoms with Gasteiger partial charge in [-0.25, -0.2) is 0 Å². The minimum absolute atomic E-state index is 0.322. The Kier molecular flexibility index (Phi) is 4.57. The second-order valence-corrected chi connectivity index (χ2v) is 12.8. The van der Waals surface area contributed by atoms with Crippen LogP contribution in [0.15, 0.2) is 60.7 Å². The van der Waals surface area contributed by atoms with E-state index in [1.807, 2.05) is 0 Å². The predicted molar refractivity (Wildman–Crippen MR) is 103 cm³/mol. The van der Waals surface area contributed by atoms with E-state index in [0.717, 1.165) is 5.57 Å². The maximum Gasteiger partial charge on any atom is 0.277 e. The zero-order valence-corrected chi connectivity index (χ0v) is 15.9. The topological polar surface area (TPSA) is 3.24 Å². The largest absolute Gasteiger partial charge is 0.444 e. The summed E-state index contributed by atoms with van der Waals surface area (Å²) in [5, 5.41) is 0.322. The highest BCUT2D eigenvalue weighted by atomic mass is 28.3. The molecule has 1 aromatic rings. The van der Waals surface area contributed by atoms with Crippen LogP contribution in [0.4, 0.5) is 0 Å². The molecule has 0 saturated heterocycles. The summed E-state index contributed by atoms with van der Waals surface area (Å²) in [5.41, 5.74) is 3.69. The maximum atomic E-state index is 4.36. The molecular weight excluding hydrogens is 281 g/mol. The molecule has 2 rings (SSSR count). The zero-order chi connectivity index (χ0) is 16.5. The first kappa shape index (κ1) is 16.9. The molecule has 1 nitrogen and oxygen atoms in total. The molecule has 0 aromatic heterocycles. The highest BCUT2D eigenvalue weighted by Crippen LogP contribution is 2.41. The molecule has 116 valence electrons. The Morgan fingerprint density at radius 2 is 1.73 bits per heavy atom. The lowest BCUT2D eigenvalue weighted by molar-refractivity contribution is 0.652. The number of nitrogens with zero attached hydrogens (tertiary/aromatic N) is 1. The molecule has 1 aliphatic rings. The first-order valence-electron chi connectivity index (χ1n) is 8.08. The average Bonchev–Trinajstić information content (AvgIpc) is 2.46. The summed E-state index contributed by atoms with van der Waals surface area (Å²) in [7, 11) is -1.59. The van der Waals surface area contributed by atoms with E-state index in [2.05, 4.69) is 100 Å². The van der Waals surface area contributed by atoms with E-state index in [0.29, 0.717) is 11.9 Å². The van der Waals surface area contributed by atoms with Crippen molar-refractivity contribution < 1.29 is 0 Å². The Bertz CT molecular complexity index is 608. The van der Waals surface area contributed by atoms with E-state index in [-0.39, 0.29) is 0 Å². The fourth-order valence-electron chi connectivity index (χ4n) is 2.87. The molecule has 1 aromatic carbocycles. The van der Waals surface area contributed by atoms with E-state index in [4.69, 9.17) is 0 Å². The number of hydrogen-bond donors (Lipinski definition) is 0. The number of allylic oxidation sites excluding steroid dienone is 4. The van der Waals surface area contributed by atoms with Crippen molar-refractivity contribution >= 4 is 20.7 Å². The van der Waals surface area contributed by atoms with Crippen LogP contribution in [-0.4, -0.2) is 19.6 Å². The minimum atomic E-state index is -1.59. The molecule has 0 bridgehead atoms. The number of rotatable bonds is 3. The van der Waals surface area contributed by atoms with Crippen molar-refractivity contribution in [1.29, 1.82) is 0 Å². The van der Waals surface area contributed by atoms with Gasteiger partial charge in [-0.2, -0.15) is 0 Å². The lowest BCUT2D eigenvalue weighted by Gasteiger charge is -2.49. The van der Waals surface area contributed by atoms with E-state index in [1.54, 1.807) is 0 Å². The molecule has 22 heavy (non-hydrogen) atoms. The minimum Gasteiger partial charge on any atom is -0.444 e. The number of hydrogen-bond acceptors (Lipinski definition) is 1. The van der Waals surface area contributed by atoms with Crippen LogP contribution in [0.2, 0.25) is 25.0 Å². The third-order valence-corrected chi connectivity index (χ3v) is 10.8. The van der Waals surface area contributed by atoms with Crippen molar-refractivity contribution in [3.63, 3.8) is 0 Å². The molecule has 0 atom stereocenters. The van der Waals surface area contributed by atoms with Gasteiger partial charge >= 0.3 is 0 Å². The molecule has 0 aliphatic carbocycles. The van der Waals surface area contributed by atoms with Gasteiger partial charge in [0, 0.05) is 0 Å². The smallest absolute Gasteiger partial charge is 0.277 e. The SMILES string of the molecule is C=C(C1=CC=CN([Si](C)(C)C(C)(C)C)B1C)c1ccccc1. The molecule has 0 spiro atoms. The normalized spacial score (nSPS) is 15.8. The molecule has 0 amide bonds. The summed E-state index contributed by atoms with van der Waals surface area (Å²) in [6.07, 6.45) is 6.69. The fraction of sp³-hybridized carbons (Fsp3) is 0.368. The molecule has 0 fully saturated rings. The van der Waals surface area contributed by atoms with Crippen molar-refractivity contribution in [1.82, 2.24) is 4.48 Å². The van der Waals surface area contributed by atoms with Crippen LogP contribution in [-0.2, 0) is 0 Å². The predicted octanol–water partition coefficient (Wildman–Crippen LogP) is 5.62. The molecular formula is C19H28BNSi. The van der Waals surface area contributed by atoms with Crippen LogP contribution in [0, 0.1) is 0 Å². The van der Waals surface area contributed by atoms with Gasteiger partial charge in [0.1, 0.15) is 8.24 Å². The Morgan fingerprint density at radius 3 is 2.27 bits per heavy atom. The second-order valence-electron chi connectivity index (χ2n) is 7.70. The third-order valence-electron chi connectivity index (χ3n) is 5.34. The van der Waals surface area contributed by atoms with Gasteiger partial charge in [0.2, 0.25) is 0 Å². The molecule has 0 N–H and O–H groups in total. The van der Waals surface area contributed by atoms with E-state index in [1.165, 1.54) is 11.0 Å². The monoisotopic (exact) mass is 309 g/mol. The standard InChI is InChI=1S/C19H28BNSi/c1-16(17-12-9-8-10-13-17)18-14-11-15-21(20(18)5)22(6,7)19(2,3)4/h8-15H,1H2,2-7H3. The average molecular weight is 309 g/mol. The van der Waals surface area contributed by atoms with Crippen molar-refractivity contribution in [2.75, 3.05) is 0 Å². The zero-order valence-electron chi connectivity index (χ0n) is 14.9. The van der Waals surface area contributed by atoms with Gasteiger partial charge in [0.05, 0.1) is 0 Å². The fourth-order valence-corrected chi connectivity index (χ4v) is 5.21. The van der Waals surface area contributed by atoms with Crippen molar-refractivity contribution in [2.24, 2.45) is 0 Å².